The van der Waals surface area contributed by atoms with E-state index >= 15 is 0 Å². The maximum atomic E-state index is 11.8. The first-order valence-electron chi connectivity index (χ1n) is 5.61. The summed E-state index contributed by atoms with van der Waals surface area (Å²) in [5, 5.41) is 9.12. The minimum Gasteiger partial charge on any atom is -0.393 e. The summed E-state index contributed by atoms with van der Waals surface area (Å²) in [5.41, 5.74) is 0.165. The van der Waals surface area contributed by atoms with Gasteiger partial charge in [-0.05, 0) is 25.8 Å². The zero-order chi connectivity index (χ0) is 11.3. The van der Waals surface area contributed by atoms with Crippen LogP contribution in [0.1, 0.15) is 39.5 Å². The fourth-order valence-corrected chi connectivity index (χ4v) is 1.63. The fourth-order valence-electron chi connectivity index (χ4n) is 1.63. The first kappa shape index (κ1) is 12.4. The first-order chi connectivity index (χ1) is 7.14. The van der Waals surface area contributed by atoms with E-state index < -0.39 is 5.60 Å². The summed E-state index contributed by atoms with van der Waals surface area (Å²) >= 11 is 0. The molecular weight excluding hydrogens is 192 g/mol. The van der Waals surface area contributed by atoms with E-state index in [-0.39, 0.29) is 12.4 Å². The van der Waals surface area contributed by atoms with Gasteiger partial charge in [-0.1, -0.05) is 18.9 Å². The third-order valence-corrected chi connectivity index (χ3v) is 2.89. The summed E-state index contributed by atoms with van der Waals surface area (Å²) in [6.45, 7) is 4.45. The van der Waals surface area contributed by atoms with Crippen LogP contribution < -0.4 is 0 Å². The van der Waals surface area contributed by atoms with Crippen molar-refractivity contribution in [2.45, 2.75) is 45.1 Å². The molecule has 0 aromatic rings. The number of hydrogen-bond donors (Lipinski definition) is 1. The minimum absolute atomic E-state index is 0.0788. The van der Waals surface area contributed by atoms with Crippen molar-refractivity contribution in [2.75, 3.05) is 13.2 Å². The predicted molar refractivity (Wildman–Crippen MR) is 58.7 cm³/mol. The Labute approximate surface area is 91.1 Å². The van der Waals surface area contributed by atoms with E-state index in [4.69, 9.17) is 9.84 Å². The lowest BCUT2D eigenvalue weighted by atomic mass is 9.89. The highest BCUT2D eigenvalue weighted by Crippen LogP contribution is 2.28. The van der Waals surface area contributed by atoms with Crippen molar-refractivity contribution in [1.82, 2.24) is 0 Å². The van der Waals surface area contributed by atoms with Crippen LogP contribution in [-0.4, -0.2) is 29.7 Å². The van der Waals surface area contributed by atoms with Crippen LogP contribution >= 0.6 is 0 Å². The number of ether oxygens (including phenoxy) is 1. The number of hydrogen-bond acceptors (Lipinski definition) is 3. The van der Waals surface area contributed by atoms with Crippen molar-refractivity contribution in [3.05, 3.63) is 11.6 Å². The molecule has 3 heteroatoms. The Morgan fingerprint density at radius 2 is 2.27 bits per heavy atom. The fraction of sp³-hybridized carbons (Fsp3) is 0.750. The van der Waals surface area contributed by atoms with E-state index in [1.807, 2.05) is 6.92 Å². The molecule has 1 rings (SSSR count). The van der Waals surface area contributed by atoms with Crippen LogP contribution in [0.3, 0.4) is 0 Å². The van der Waals surface area contributed by atoms with Crippen LogP contribution in [0.5, 0.6) is 0 Å². The second-order valence-electron chi connectivity index (χ2n) is 4.21. The van der Waals surface area contributed by atoms with E-state index in [1.54, 1.807) is 6.08 Å². The highest BCUT2D eigenvalue weighted by Gasteiger charge is 2.43. The van der Waals surface area contributed by atoms with Crippen LogP contribution in [0.4, 0.5) is 0 Å². The number of ketones is 1. The number of rotatable bonds is 6. The Kier molecular flexibility index (Phi) is 4.48. The SMILES string of the molecule is CCCCC(C)=CC(=O)C1(CO)CCO1. The normalized spacial score (nSPS) is 26.2. The zero-order valence-electron chi connectivity index (χ0n) is 9.58. The van der Waals surface area contributed by atoms with Gasteiger partial charge in [0.1, 0.15) is 0 Å². The average Bonchev–Trinajstić information content (AvgIpc) is 2.13. The van der Waals surface area contributed by atoms with Crippen molar-refractivity contribution in [3.8, 4) is 0 Å². The second-order valence-corrected chi connectivity index (χ2v) is 4.21. The van der Waals surface area contributed by atoms with Crippen LogP contribution in [0.25, 0.3) is 0 Å². The number of carbonyl (C=O) groups excluding carboxylic acids is 1. The molecule has 0 bridgehead atoms. The highest BCUT2D eigenvalue weighted by atomic mass is 16.5. The maximum Gasteiger partial charge on any atom is 0.189 e. The lowest BCUT2D eigenvalue weighted by Gasteiger charge is -2.38. The van der Waals surface area contributed by atoms with Gasteiger partial charge in [-0.15, -0.1) is 0 Å². The van der Waals surface area contributed by atoms with Crippen molar-refractivity contribution in [1.29, 1.82) is 0 Å². The molecule has 0 aliphatic carbocycles. The number of carbonyl (C=O) groups is 1. The molecule has 0 aromatic heterocycles. The topological polar surface area (TPSA) is 46.5 Å². The van der Waals surface area contributed by atoms with Crippen molar-refractivity contribution < 1.29 is 14.6 Å². The van der Waals surface area contributed by atoms with Gasteiger partial charge in [0, 0.05) is 6.42 Å². The van der Waals surface area contributed by atoms with Gasteiger partial charge in [0.25, 0.3) is 0 Å². The van der Waals surface area contributed by atoms with Gasteiger partial charge in [0.2, 0.25) is 0 Å². The lowest BCUT2D eigenvalue weighted by Crippen LogP contribution is -2.53. The summed E-state index contributed by atoms with van der Waals surface area (Å²) in [4.78, 5) is 11.8. The molecule has 1 heterocycles. The van der Waals surface area contributed by atoms with Crippen LogP contribution in [0.15, 0.2) is 11.6 Å². The summed E-state index contributed by atoms with van der Waals surface area (Å²) in [5.74, 6) is -0.0788. The van der Waals surface area contributed by atoms with Crippen LogP contribution in [-0.2, 0) is 9.53 Å². The second kappa shape index (κ2) is 5.42. The highest BCUT2D eigenvalue weighted by molar-refractivity contribution is 5.98. The molecule has 1 fully saturated rings. The Hall–Kier alpha value is -0.670. The largest absolute Gasteiger partial charge is 0.393 e. The van der Waals surface area contributed by atoms with Gasteiger partial charge in [-0.2, -0.15) is 0 Å². The third-order valence-electron chi connectivity index (χ3n) is 2.89. The molecule has 1 aliphatic rings. The molecular formula is C12H20O3. The molecule has 3 nitrogen and oxygen atoms in total. The van der Waals surface area contributed by atoms with E-state index in [0.29, 0.717) is 13.0 Å². The van der Waals surface area contributed by atoms with Gasteiger partial charge < -0.3 is 9.84 Å². The van der Waals surface area contributed by atoms with Gasteiger partial charge in [0.05, 0.1) is 13.2 Å². The Morgan fingerprint density at radius 1 is 1.60 bits per heavy atom. The Bertz CT molecular complexity index is 246. The van der Waals surface area contributed by atoms with Crippen molar-refractivity contribution in [2.24, 2.45) is 0 Å². The summed E-state index contributed by atoms with van der Waals surface area (Å²) in [6, 6.07) is 0. The first-order valence-corrected chi connectivity index (χ1v) is 5.61. The molecule has 1 aliphatic heterocycles. The van der Waals surface area contributed by atoms with E-state index in [9.17, 15) is 4.79 Å². The third kappa shape index (κ3) is 2.89. The monoisotopic (exact) mass is 212 g/mol. The molecule has 0 saturated carbocycles. The Morgan fingerprint density at radius 3 is 2.67 bits per heavy atom. The van der Waals surface area contributed by atoms with Crippen molar-refractivity contribution in [3.63, 3.8) is 0 Å². The smallest absolute Gasteiger partial charge is 0.189 e. The molecule has 15 heavy (non-hydrogen) atoms. The van der Waals surface area contributed by atoms with Crippen molar-refractivity contribution >= 4 is 5.78 Å². The Balaban J connectivity index is 2.52. The van der Waals surface area contributed by atoms with Gasteiger partial charge in [0.15, 0.2) is 11.4 Å². The zero-order valence-corrected chi connectivity index (χ0v) is 9.58. The maximum absolute atomic E-state index is 11.8. The number of unbranched alkanes of at least 4 members (excludes halogenated alkanes) is 1. The molecule has 0 radical (unpaired) electrons. The molecule has 1 unspecified atom stereocenters. The predicted octanol–water partition coefficient (Wildman–Crippen LogP) is 1.84. The quantitative estimate of drug-likeness (QED) is 0.683. The van der Waals surface area contributed by atoms with Crippen LogP contribution in [0.2, 0.25) is 0 Å². The average molecular weight is 212 g/mol. The van der Waals surface area contributed by atoms with Gasteiger partial charge in [-0.3, -0.25) is 4.79 Å². The summed E-state index contributed by atoms with van der Waals surface area (Å²) < 4.78 is 5.19. The molecule has 0 amide bonds. The molecule has 1 saturated heterocycles. The molecule has 1 N–H and O–H groups in total. The number of aliphatic hydroxyl groups is 1. The summed E-state index contributed by atoms with van der Waals surface area (Å²) in [6.07, 6.45) is 5.44. The van der Waals surface area contributed by atoms with E-state index in [2.05, 4.69) is 6.92 Å². The van der Waals surface area contributed by atoms with E-state index in [1.165, 1.54) is 0 Å². The number of aliphatic hydroxyl groups excluding tert-OH is 1. The summed E-state index contributed by atoms with van der Waals surface area (Å²) in [7, 11) is 0. The molecule has 86 valence electrons. The number of allylic oxidation sites excluding steroid dienone is 1. The minimum atomic E-state index is -0.909. The standard InChI is InChI=1S/C12H20O3/c1-3-4-5-10(2)8-11(14)12(9-13)6-7-15-12/h8,13H,3-7,9H2,1-2H3. The van der Waals surface area contributed by atoms with Crippen LogP contribution in [0, 0.1) is 0 Å². The van der Waals surface area contributed by atoms with Gasteiger partial charge in [-0.25, -0.2) is 0 Å². The lowest BCUT2D eigenvalue weighted by molar-refractivity contribution is -0.180. The van der Waals surface area contributed by atoms with Gasteiger partial charge >= 0.3 is 0 Å². The molecule has 0 aromatic carbocycles. The van der Waals surface area contributed by atoms with E-state index in [0.717, 1.165) is 24.8 Å². The molecule has 0 spiro atoms. The molecule has 1 atom stereocenters.